The number of nitrogens with one attached hydrogen (secondary N) is 1. The molecule has 0 radical (unpaired) electrons. The first kappa shape index (κ1) is 12.3. The van der Waals surface area contributed by atoms with Crippen LogP contribution in [0.4, 0.5) is 0 Å². The fourth-order valence-electron chi connectivity index (χ4n) is 0.961. The highest BCUT2D eigenvalue weighted by Gasteiger charge is 2.26. The van der Waals surface area contributed by atoms with Gasteiger partial charge in [0.25, 0.3) is 5.91 Å². The summed E-state index contributed by atoms with van der Waals surface area (Å²) in [6, 6.07) is 0. The van der Waals surface area contributed by atoms with Crippen molar-refractivity contribution >= 4 is 29.1 Å². The second-order valence-electron chi connectivity index (χ2n) is 3.58. The molecule has 0 fully saturated rings. The summed E-state index contributed by atoms with van der Waals surface area (Å²) >= 11 is 11.4. The van der Waals surface area contributed by atoms with Crippen LogP contribution >= 0.6 is 23.2 Å². The predicted octanol–water partition coefficient (Wildman–Crippen LogP) is 1.95. The number of aromatic nitrogens is 1. The Kier molecular flexibility index (Phi) is 3.99. The van der Waals surface area contributed by atoms with Crippen LogP contribution < -0.4 is 5.32 Å². The van der Waals surface area contributed by atoms with E-state index in [1.54, 1.807) is 13.8 Å². The van der Waals surface area contributed by atoms with Gasteiger partial charge in [0.15, 0.2) is 0 Å². The monoisotopic (exact) mass is 250 g/mol. The molecule has 0 atom stereocenters. The number of amides is 1. The SMILES string of the molecule is Cc1oncc1C(=O)NC(C)(CCl)CCl. The molecule has 0 aromatic carbocycles. The van der Waals surface area contributed by atoms with E-state index in [2.05, 4.69) is 10.5 Å². The Labute approximate surface area is 97.9 Å². The lowest BCUT2D eigenvalue weighted by Gasteiger charge is -2.25. The first-order valence-corrected chi connectivity index (χ1v) is 5.45. The Morgan fingerprint density at radius 1 is 1.60 bits per heavy atom. The molecule has 6 heteroatoms. The van der Waals surface area contributed by atoms with Gasteiger partial charge in [0.2, 0.25) is 0 Å². The molecule has 0 saturated heterocycles. The maximum atomic E-state index is 11.7. The second-order valence-corrected chi connectivity index (χ2v) is 4.11. The Balaban J connectivity index is 2.76. The largest absolute Gasteiger partial charge is 0.361 e. The van der Waals surface area contributed by atoms with E-state index in [9.17, 15) is 4.79 Å². The summed E-state index contributed by atoms with van der Waals surface area (Å²) in [6.45, 7) is 3.44. The standard InChI is InChI=1S/C9H12Cl2N2O2/c1-6-7(3-12-15-6)8(14)13-9(2,4-10)5-11/h3H,4-5H2,1-2H3,(H,13,14). The molecule has 84 valence electrons. The van der Waals surface area contributed by atoms with Gasteiger partial charge in [-0.2, -0.15) is 0 Å². The molecule has 1 heterocycles. The molecule has 1 aromatic heterocycles. The number of hydrogen-bond donors (Lipinski definition) is 1. The molecule has 1 aromatic rings. The van der Waals surface area contributed by atoms with Gasteiger partial charge < -0.3 is 9.84 Å². The molecule has 0 saturated carbocycles. The first-order valence-electron chi connectivity index (χ1n) is 4.38. The molecule has 4 nitrogen and oxygen atoms in total. The van der Waals surface area contributed by atoms with Crippen molar-refractivity contribution in [2.24, 2.45) is 0 Å². The fourth-order valence-corrected chi connectivity index (χ4v) is 1.38. The number of carbonyl (C=O) groups excluding carboxylic acids is 1. The Bertz CT molecular complexity index is 348. The van der Waals surface area contributed by atoms with E-state index in [0.717, 1.165) is 0 Å². The zero-order chi connectivity index (χ0) is 11.5. The summed E-state index contributed by atoms with van der Waals surface area (Å²) in [5.74, 6) is 0.676. The zero-order valence-electron chi connectivity index (χ0n) is 8.51. The molecule has 0 aliphatic heterocycles. The van der Waals surface area contributed by atoms with E-state index in [-0.39, 0.29) is 17.7 Å². The number of rotatable bonds is 4. The van der Waals surface area contributed by atoms with Crippen LogP contribution in [0.15, 0.2) is 10.7 Å². The Morgan fingerprint density at radius 3 is 2.60 bits per heavy atom. The van der Waals surface area contributed by atoms with Crippen molar-refractivity contribution < 1.29 is 9.32 Å². The van der Waals surface area contributed by atoms with Crippen LogP contribution in [0.3, 0.4) is 0 Å². The molecular formula is C9H12Cl2N2O2. The lowest BCUT2D eigenvalue weighted by Crippen LogP contribution is -2.49. The molecule has 1 N–H and O–H groups in total. The van der Waals surface area contributed by atoms with Gasteiger partial charge in [-0.05, 0) is 13.8 Å². The summed E-state index contributed by atoms with van der Waals surface area (Å²) in [7, 11) is 0. The van der Waals surface area contributed by atoms with Gasteiger partial charge in [0, 0.05) is 11.8 Å². The highest BCUT2D eigenvalue weighted by molar-refractivity contribution is 6.22. The molecule has 0 aliphatic rings. The van der Waals surface area contributed by atoms with E-state index in [0.29, 0.717) is 11.3 Å². The Hall–Kier alpha value is -0.740. The highest BCUT2D eigenvalue weighted by atomic mass is 35.5. The van der Waals surface area contributed by atoms with E-state index < -0.39 is 5.54 Å². The van der Waals surface area contributed by atoms with E-state index >= 15 is 0 Å². The van der Waals surface area contributed by atoms with Gasteiger partial charge >= 0.3 is 0 Å². The Morgan fingerprint density at radius 2 is 2.20 bits per heavy atom. The average molecular weight is 251 g/mol. The van der Waals surface area contributed by atoms with Crippen LogP contribution in [0.5, 0.6) is 0 Å². The minimum atomic E-state index is -0.621. The van der Waals surface area contributed by atoms with Crippen molar-refractivity contribution in [1.29, 1.82) is 0 Å². The third kappa shape index (κ3) is 2.86. The van der Waals surface area contributed by atoms with E-state index in [1.807, 2.05) is 0 Å². The van der Waals surface area contributed by atoms with Crippen molar-refractivity contribution in [3.05, 3.63) is 17.5 Å². The maximum Gasteiger partial charge on any atom is 0.257 e. The summed E-state index contributed by atoms with van der Waals surface area (Å²) in [5, 5.41) is 6.26. The van der Waals surface area contributed by atoms with Crippen LogP contribution in [0.25, 0.3) is 0 Å². The van der Waals surface area contributed by atoms with Crippen molar-refractivity contribution in [3.63, 3.8) is 0 Å². The molecular weight excluding hydrogens is 239 g/mol. The third-order valence-electron chi connectivity index (χ3n) is 2.00. The first-order chi connectivity index (χ1) is 7.02. The van der Waals surface area contributed by atoms with Crippen molar-refractivity contribution in [2.45, 2.75) is 19.4 Å². The van der Waals surface area contributed by atoms with Crippen molar-refractivity contribution in [2.75, 3.05) is 11.8 Å². The van der Waals surface area contributed by atoms with Gasteiger partial charge in [0.05, 0.1) is 11.7 Å². The number of aryl methyl sites for hydroxylation is 1. The number of halogens is 2. The van der Waals surface area contributed by atoms with Gasteiger partial charge in [-0.25, -0.2) is 0 Å². The van der Waals surface area contributed by atoms with Crippen molar-refractivity contribution in [1.82, 2.24) is 10.5 Å². The van der Waals surface area contributed by atoms with Gasteiger partial charge in [-0.3, -0.25) is 4.79 Å². The minimum absolute atomic E-state index is 0.243. The van der Waals surface area contributed by atoms with Crippen LogP contribution in [0, 0.1) is 6.92 Å². The zero-order valence-corrected chi connectivity index (χ0v) is 10.0. The third-order valence-corrected chi connectivity index (χ3v) is 3.18. The van der Waals surface area contributed by atoms with Gasteiger partial charge in [-0.1, -0.05) is 5.16 Å². The quantitative estimate of drug-likeness (QED) is 0.832. The van der Waals surface area contributed by atoms with Gasteiger partial charge in [0.1, 0.15) is 11.3 Å². The van der Waals surface area contributed by atoms with Crippen LogP contribution in [-0.2, 0) is 0 Å². The predicted molar refractivity (Wildman–Crippen MR) is 58.6 cm³/mol. The normalized spacial score (nSPS) is 11.5. The molecule has 0 aliphatic carbocycles. The summed E-state index contributed by atoms with van der Waals surface area (Å²) in [4.78, 5) is 11.7. The fraction of sp³-hybridized carbons (Fsp3) is 0.556. The lowest BCUT2D eigenvalue weighted by molar-refractivity contribution is 0.0920. The number of carbonyl (C=O) groups is 1. The molecule has 1 amide bonds. The second kappa shape index (κ2) is 4.86. The topological polar surface area (TPSA) is 55.1 Å². The molecule has 0 bridgehead atoms. The smallest absolute Gasteiger partial charge is 0.257 e. The molecule has 1 rings (SSSR count). The number of alkyl halides is 2. The molecule has 0 unspecified atom stereocenters. The average Bonchev–Trinajstić information content (AvgIpc) is 2.64. The molecule has 0 spiro atoms. The highest BCUT2D eigenvalue weighted by Crippen LogP contribution is 2.12. The van der Waals surface area contributed by atoms with Crippen LogP contribution in [-0.4, -0.2) is 28.4 Å². The van der Waals surface area contributed by atoms with E-state index in [1.165, 1.54) is 6.20 Å². The lowest BCUT2D eigenvalue weighted by atomic mass is 10.1. The van der Waals surface area contributed by atoms with Gasteiger partial charge in [-0.15, -0.1) is 23.2 Å². The number of nitrogens with zero attached hydrogens (tertiary/aromatic N) is 1. The summed E-state index contributed by atoms with van der Waals surface area (Å²) in [6.07, 6.45) is 1.37. The summed E-state index contributed by atoms with van der Waals surface area (Å²) in [5.41, 5.74) is -0.222. The van der Waals surface area contributed by atoms with Crippen molar-refractivity contribution in [3.8, 4) is 0 Å². The summed E-state index contributed by atoms with van der Waals surface area (Å²) < 4.78 is 4.79. The maximum absolute atomic E-state index is 11.7. The number of hydrogen-bond acceptors (Lipinski definition) is 3. The molecule has 15 heavy (non-hydrogen) atoms. The van der Waals surface area contributed by atoms with Crippen LogP contribution in [0.1, 0.15) is 23.0 Å². The van der Waals surface area contributed by atoms with Crippen LogP contribution in [0.2, 0.25) is 0 Å². The van der Waals surface area contributed by atoms with E-state index in [4.69, 9.17) is 27.7 Å². The minimum Gasteiger partial charge on any atom is -0.361 e.